The molecule has 1 aromatic rings. The van der Waals surface area contributed by atoms with Crippen LogP contribution < -0.4 is 10.6 Å². The number of rotatable bonds is 7. The van der Waals surface area contributed by atoms with E-state index < -0.39 is 0 Å². The Kier molecular flexibility index (Phi) is 5.41. The van der Waals surface area contributed by atoms with Gasteiger partial charge in [0.05, 0.1) is 0 Å². The number of hydrogen-bond donors (Lipinski definition) is 3. The molecule has 0 saturated heterocycles. The molecule has 1 heterocycles. The number of hydrogen-bond acceptors (Lipinski definition) is 3. The topological polar surface area (TPSA) is 61.4 Å². The van der Waals surface area contributed by atoms with Crippen molar-refractivity contribution in [2.45, 2.75) is 32.6 Å². The van der Waals surface area contributed by atoms with E-state index in [9.17, 15) is 4.79 Å². The average Bonchev–Trinajstić information content (AvgIpc) is 2.92. The van der Waals surface area contributed by atoms with Crippen molar-refractivity contribution >= 4 is 11.6 Å². The fourth-order valence-corrected chi connectivity index (χ4v) is 2.71. The van der Waals surface area contributed by atoms with Gasteiger partial charge in [-0.05, 0) is 42.9 Å². The van der Waals surface area contributed by atoms with Crippen molar-refractivity contribution in [3.8, 4) is 0 Å². The van der Waals surface area contributed by atoms with Gasteiger partial charge in [0.1, 0.15) is 0 Å². The zero-order chi connectivity index (χ0) is 14.4. The Morgan fingerprint density at radius 1 is 1.45 bits per heavy atom. The van der Waals surface area contributed by atoms with E-state index in [4.69, 9.17) is 5.11 Å². The summed E-state index contributed by atoms with van der Waals surface area (Å²) in [5, 5.41) is 15.3. The normalized spacial score (nSPS) is 14.5. The van der Waals surface area contributed by atoms with Crippen LogP contribution in [0.25, 0.3) is 0 Å². The first kappa shape index (κ1) is 14.9. The molecule has 0 fully saturated rings. The first-order valence-electron chi connectivity index (χ1n) is 7.50. The molecule has 0 spiro atoms. The highest BCUT2D eigenvalue weighted by molar-refractivity contribution is 5.95. The Morgan fingerprint density at radius 3 is 3.05 bits per heavy atom. The van der Waals surface area contributed by atoms with Crippen molar-refractivity contribution < 1.29 is 9.90 Å². The molecule has 1 aliphatic rings. The van der Waals surface area contributed by atoms with E-state index in [2.05, 4.69) is 17.6 Å². The molecule has 0 saturated carbocycles. The highest BCUT2D eigenvalue weighted by Crippen LogP contribution is 2.23. The molecule has 4 heteroatoms. The summed E-state index contributed by atoms with van der Waals surface area (Å²) in [6.07, 6.45) is 3.89. The third-order valence-electron chi connectivity index (χ3n) is 3.87. The molecular weight excluding hydrogens is 252 g/mol. The highest BCUT2D eigenvalue weighted by Gasteiger charge is 2.14. The Morgan fingerprint density at radius 2 is 2.30 bits per heavy atom. The van der Waals surface area contributed by atoms with Gasteiger partial charge in [0.25, 0.3) is 5.91 Å². The van der Waals surface area contributed by atoms with Crippen molar-refractivity contribution in [2.24, 2.45) is 5.92 Å². The van der Waals surface area contributed by atoms with Crippen LogP contribution in [0.15, 0.2) is 18.2 Å². The summed E-state index contributed by atoms with van der Waals surface area (Å²) < 4.78 is 0. The molecule has 2 rings (SSSR count). The molecule has 0 aromatic heterocycles. The largest absolute Gasteiger partial charge is 0.396 e. The fourth-order valence-electron chi connectivity index (χ4n) is 2.71. The Bertz CT molecular complexity index is 454. The standard InChI is InChI=1S/C16H24N2O2/c1-2-3-12(7-9-19)11-18-16(20)14-5-4-13-6-8-17-15(13)10-14/h4-5,10,12,17,19H,2-3,6-9,11H2,1H3,(H,18,20). The first-order valence-corrected chi connectivity index (χ1v) is 7.50. The molecule has 0 bridgehead atoms. The second-order valence-electron chi connectivity index (χ2n) is 5.43. The SMILES string of the molecule is CCCC(CCO)CNC(=O)c1ccc2c(c1)NCC2. The number of nitrogens with one attached hydrogen (secondary N) is 2. The maximum Gasteiger partial charge on any atom is 0.251 e. The molecule has 1 aromatic carbocycles. The van der Waals surface area contributed by atoms with Crippen LogP contribution >= 0.6 is 0 Å². The minimum absolute atomic E-state index is 0.0273. The summed E-state index contributed by atoms with van der Waals surface area (Å²) >= 11 is 0. The Labute approximate surface area is 120 Å². The van der Waals surface area contributed by atoms with Crippen LogP contribution in [0, 0.1) is 5.92 Å². The van der Waals surface area contributed by atoms with Gasteiger partial charge in [-0.25, -0.2) is 0 Å². The summed E-state index contributed by atoms with van der Waals surface area (Å²) in [5.41, 5.74) is 3.07. The number of anilines is 1. The maximum atomic E-state index is 12.2. The maximum absolute atomic E-state index is 12.2. The van der Waals surface area contributed by atoms with Crippen molar-refractivity contribution in [1.29, 1.82) is 0 Å². The van der Waals surface area contributed by atoms with E-state index in [-0.39, 0.29) is 12.5 Å². The van der Waals surface area contributed by atoms with E-state index >= 15 is 0 Å². The Hall–Kier alpha value is -1.55. The van der Waals surface area contributed by atoms with Gasteiger partial charge in [-0.3, -0.25) is 4.79 Å². The molecule has 1 unspecified atom stereocenters. The molecule has 4 nitrogen and oxygen atoms in total. The number of fused-ring (bicyclic) bond motifs is 1. The number of benzene rings is 1. The van der Waals surface area contributed by atoms with Crippen molar-refractivity contribution in [1.82, 2.24) is 5.32 Å². The van der Waals surface area contributed by atoms with Crippen LogP contribution in [0.1, 0.15) is 42.1 Å². The van der Waals surface area contributed by atoms with Gasteiger partial charge in [0.2, 0.25) is 0 Å². The lowest BCUT2D eigenvalue weighted by Crippen LogP contribution is -2.29. The second-order valence-corrected chi connectivity index (χ2v) is 5.43. The van der Waals surface area contributed by atoms with Crippen LogP contribution in [-0.2, 0) is 6.42 Å². The molecule has 110 valence electrons. The molecule has 0 radical (unpaired) electrons. The lowest BCUT2D eigenvalue weighted by atomic mass is 10.00. The van der Waals surface area contributed by atoms with Crippen LogP contribution in [0.5, 0.6) is 0 Å². The van der Waals surface area contributed by atoms with Gasteiger partial charge in [-0.15, -0.1) is 0 Å². The number of aliphatic hydroxyl groups is 1. The minimum Gasteiger partial charge on any atom is -0.396 e. The van der Waals surface area contributed by atoms with Crippen molar-refractivity contribution in [3.05, 3.63) is 29.3 Å². The van der Waals surface area contributed by atoms with Crippen LogP contribution in [0.3, 0.4) is 0 Å². The smallest absolute Gasteiger partial charge is 0.251 e. The third kappa shape index (κ3) is 3.73. The van der Waals surface area contributed by atoms with Crippen LogP contribution in [0.4, 0.5) is 5.69 Å². The van der Waals surface area contributed by atoms with Crippen LogP contribution in [-0.4, -0.2) is 30.7 Å². The third-order valence-corrected chi connectivity index (χ3v) is 3.87. The van der Waals surface area contributed by atoms with E-state index in [1.54, 1.807) is 0 Å². The molecular formula is C16H24N2O2. The molecule has 3 N–H and O–H groups in total. The van der Waals surface area contributed by atoms with E-state index in [1.165, 1.54) is 5.56 Å². The average molecular weight is 276 g/mol. The summed E-state index contributed by atoms with van der Waals surface area (Å²) in [5.74, 6) is 0.335. The molecule has 1 amide bonds. The molecule has 0 aliphatic carbocycles. The first-order chi connectivity index (χ1) is 9.74. The van der Waals surface area contributed by atoms with Crippen molar-refractivity contribution in [3.63, 3.8) is 0 Å². The monoisotopic (exact) mass is 276 g/mol. The van der Waals surface area contributed by atoms with Gasteiger partial charge in [0.15, 0.2) is 0 Å². The fraction of sp³-hybridized carbons (Fsp3) is 0.562. The molecule has 20 heavy (non-hydrogen) atoms. The van der Waals surface area contributed by atoms with E-state index in [1.807, 2.05) is 18.2 Å². The number of carbonyl (C=O) groups excluding carboxylic acids is 1. The van der Waals surface area contributed by atoms with E-state index in [0.29, 0.717) is 18.0 Å². The summed E-state index contributed by atoms with van der Waals surface area (Å²) in [7, 11) is 0. The summed E-state index contributed by atoms with van der Waals surface area (Å²) in [6.45, 7) is 3.90. The van der Waals surface area contributed by atoms with Gasteiger partial charge in [0, 0.05) is 30.9 Å². The summed E-state index contributed by atoms with van der Waals surface area (Å²) in [4.78, 5) is 12.2. The van der Waals surface area contributed by atoms with Gasteiger partial charge >= 0.3 is 0 Å². The molecule has 1 aliphatic heterocycles. The zero-order valence-corrected chi connectivity index (χ0v) is 12.1. The van der Waals surface area contributed by atoms with Gasteiger partial charge in [-0.1, -0.05) is 19.4 Å². The number of amides is 1. The van der Waals surface area contributed by atoms with Crippen LogP contribution in [0.2, 0.25) is 0 Å². The molecule has 1 atom stereocenters. The predicted octanol–water partition coefficient (Wildman–Crippen LogP) is 2.18. The zero-order valence-electron chi connectivity index (χ0n) is 12.1. The second kappa shape index (κ2) is 7.29. The lowest BCUT2D eigenvalue weighted by Gasteiger charge is -2.15. The number of aliphatic hydroxyl groups excluding tert-OH is 1. The van der Waals surface area contributed by atoms with E-state index in [0.717, 1.165) is 37.9 Å². The number of carbonyl (C=O) groups is 1. The Balaban J connectivity index is 1.91. The minimum atomic E-state index is -0.0273. The quantitative estimate of drug-likeness (QED) is 0.715. The predicted molar refractivity (Wildman–Crippen MR) is 81.1 cm³/mol. The highest BCUT2D eigenvalue weighted by atomic mass is 16.3. The summed E-state index contributed by atoms with van der Waals surface area (Å²) in [6, 6.07) is 5.85. The van der Waals surface area contributed by atoms with Gasteiger partial charge in [-0.2, -0.15) is 0 Å². The lowest BCUT2D eigenvalue weighted by molar-refractivity contribution is 0.0943. The van der Waals surface area contributed by atoms with Crippen molar-refractivity contribution in [2.75, 3.05) is 25.0 Å². The van der Waals surface area contributed by atoms with Gasteiger partial charge < -0.3 is 15.7 Å².